The first-order valence-corrected chi connectivity index (χ1v) is 6.00. The molecule has 0 aliphatic carbocycles. The molecule has 0 nitrogen and oxygen atoms in total. The Kier molecular flexibility index (Phi) is 5.23. The van der Waals surface area contributed by atoms with Crippen LogP contribution in [-0.2, 0) is 17.8 Å². The fraction of sp³-hybridized carbons (Fsp3) is 0.500. The average molecular weight is 431 g/mol. The highest BCUT2D eigenvalue weighted by Crippen LogP contribution is 2.56. The number of alkyl halides is 15. The largest absolute Gasteiger partial charge is 0.458 e. The Labute approximate surface area is 138 Å². The van der Waals surface area contributed by atoms with Gasteiger partial charge >= 0.3 is 36.3 Å². The molecule has 0 atom stereocenters. The van der Waals surface area contributed by atoms with E-state index in [4.69, 9.17) is 0 Å². The molecule has 0 saturated heterocycles. The minimum atomic E-state index is -7.09. The summed E-state index contributed by atoms with van der Waals surface area (Å²) < 4.78 is 192. The molecule has 155 valence electrons. The third-order valence-corrected chi connectivity index (χ3v) is 3.03. The van der Waals surface area contributed by atoms with Crippen LogP contribution in [0.2, 0.25) is 0 Å². The van der Waals surface area contributed by atoms with Crippen molar-refractivity contribution in [1.29, 1.82) is 0 Å². The molecule has 0 N–H and O–H groups in total. The summed E-state index contributed by atoms with van der Waals surface area (Å²) in [5.41, 5.74) is -10.8. The van der Waals surface area contributed by atoms with Gasteiger partial charge in [0.05, 0.1) is 5.56 Å². The third-order valence-electron chi connectivity index (χ3n) is 3.03. The van der Waals surface area contributed by atoms with Crippen LogP contribution in [0.25, 0.3) is 0 Å². The summed E-state index contributed by atoms with van der Waals surface area (Å²) in [5.74, 6) is -20.2. The smallest absolute Gasteiger partial charge is 0.191 e. The van der Waals surface area contributed by atoms with Gasteiger partial charge in [-0.15, -0.1) is 0 Å². The van der Waals surface area contributed by atoms with Crippen molar-refractivity contribution in [3.63, 3.8) is 0 Å². The first-order chi connectivity index (χ1) is 11.6. The summed E-state index contributed by atoms with van der Waals surface area (Å²) in [7, 11) is 0. The van der Waals surface area contributed by atoms with E-state index in [1.807, 2.05) is 0 Å². The van der Waals surface area contributed by atoms with Gasteiger partial charge < -0.3 is 0 Å². The Morgan fingerprint density at radius 1 is 0.519 bits per heavy atom. The fourth-order valence-electron chi connectivity index (χ4n) is 1.77. The van der Waals surface area contributed by atoms with Crippen LogP contribution in [-0.4, -0.2) is 18.5 Å². The van der Waals surface area contributed by atoms with Crippen LogP contribution in [0.3, 0.4) is 0 Å². The van der Waals surface area contributed by atoms with E-state index >= 15 is 0 Å². The summed E-state index contributed by atoms with van der Waals surface area (Å²) in [4.78, 5) is 0. The van der Waals surface area contributed by atoms with E-state index in [0.29, 0.717) is 6.07 Å². The Morgan fingerprint density at radius 3 is 1.22 bits per heavy atom. The zero-order valence-electron chi connectivity index (χ0n) is 11.8. The van der Waals surface area contributed by atoms with E-state index < -0.39 is 65.1 Å². The second-order valence-electron chi connectivity index (χ2n) is 4.86. The van der Waals surface area contributed by atoms with Crippen molar-refractivity contribution in [2.75, 3.05) is 0 Å². The molecule has 1 aromatic rings. The van der Waals surface area contributed by atoms with Gasteiger partial charge in [-0.3, -0.25) is 0 Å². The predicted molar refractivity (Wildman–Crippen MR) is 55.1 cm³/mol. The van der Waals surface area contributed by atoms with E-state index in [2.05, 4.69) is 0 Å². The Balaban J connectivity index is 4.10. The van der Waals surface area contributed by atoms with Crippen molar-refractivity contribution < 1.29 is 65.9 Å². The molecule has 1 aromatic carbocycles. The lowest BCUT2D eigenvalue weighted by atomic mass is 9.88. The molecule has 0 spiro atoms. The van der Waals surface area contributed by atoms with Crippen LogP contribution in [0.4, 0.5) is 65.9 Å². The molecule has 0 aromatic heterocycles. The van der Waals surface area contributed by atoms with Crippen molar-refractivity contribution in [2.24, 2.45) is 0 Å². The van der Waals surface area contributed by atoms with Gasteiger partial charge in [0.15, 0.2) is 0 Å². The van der Waals surface area contributed by atoms with Gasteiger partial charge in [0.1, 0.15) is 0 Å². The molecular formula is C12H2F15. The van der Waals surface area contributed by atoms with E-state index in [9.17, 15) is 65.9 Å². The second-order valence-corrected chi connectivity index (χ2v) is 4.86. The monoisotopic (exact) mass is 431 g/mol. The SMILES string of the molecule is FC(F)(F)C(F)(F)c1[c]ccc(C(F)(F)C(F)(F)F)c1C(F)(F)C(F)(F)F. The molecule has 15 heteroatoms. The maximum atomic E-state index is 13.5. The zero-order valence-corrected chi connectivity index (χ0v) is 11.8. The lowest BCUT2D eigenvalue weighted by Crippen LogP contribution is -2.44. The van der Waals surface area contributed by atoms with E-state index in [1.54, 1.807) is 0 Å². The van der Waals surface area contributed by atoms with Gasteiger partial charge in [-0.2, -0.15) is 65.9 Å². The van der Waals surface area contributed by atoms with Crippen LogP contribution in [0, 0.1) is 6.07 Å². The van der Waals surface area contributed by atoms with Gasteiger partial charge in [-0.25, -0.2) is 0 Å². The summed E-state index contributed by atoms with van der Waals surface area (Å²) in [6.07, 6.45) is -20.9. The van der Waals surface area contributed by atoms with Crippen LogP contribution >= 0.6 is 0 Å². The molecule has 0 saturated carbocycles. The Morgan fingerprint density at radius 2 is 0.889 bits per heavy atom. The molecule has 0 aliphatic rings. The van der Waals surface area contributed by atoms with Crippen molar-refractivity contribution in [3.05, 3.63) is 34.9 Å². The number of benzene rings is 1. The number of rotatable bonds is 3. The normalized spacial score (nSPS) is 15.2. The number of hydrogen-bond donors (Lipinski definition) is 0. The van der Waals surface area contributed by atoms with Gasteiger partial charge in [-0.05, 0) is 6.07 Å². The zero-order chi connectivity index (χ0) is 21.9. The minimum absolute atomic E-state index is 0.486. The first kappa shape index (κ1) is 23.2. The predicted octanol–water partition coefficient (Wildman–Crippen LogP) is 6.45. The van der Waals surface area contributed by atoms with Crippen LogP contribution in [0.15, 0.2) is 12.1 Å². The van der Waals surface area contributed by atoms with E-state index in [1.165, 1.54) is 0 Å². The topological polar surface area (TPSA) is 0 Å². The highest BCUT2D eigenvalue weighted by Gasteiger charge is 2.70. The van der Waals surface area contributed by atoms with Gasteiger partial charge in [-0.1, -0.05) is 12.1 Å². The van der Waals surface area contributed by atoms with E-state index in [-0.39, 0.29) is 0 Å². The number of halogens is 15. The minimum Gasteiger partial charge on any atom is -0.191 e. The molecule has 1 radical (unpaired) electrons. The standard InChI is InChI=1S/C12H2F15/c13-7(14,10(19,20)21)4-2-1-3-5(8(15,16)11(22,23)24)6(4)9(17,18)12(25,26)27/h1-2H. The van der Waals surface area contributed by atoms with Crippen LogP contribution in [0.1, 0.15) is 16.7 Å². The van der Waals surface area contributed by atoms with Gasteiger partial charge in [0.2, 0.25) is 0 Å². The summed E-state index contributed by atoms with van der Waals surface area (Å²) in [6.45, 7) is 0. The van der Waals surface area contributed by atoms with Crippen LogP contribution < -0.4 is 0 Å². The van der Waals surface area contributed by atoms with Crippen molar-refractivity contribution >= 4 is 0 Å². The molecule has 27 heavy (non-hydrogen) atoms. The molecule has 0 unspecified atom stereocenters. The average Bonchev–Trinajstić information content (AvgIpc) is 2.42. The maximum absolute atomic E-state index is 13.5. The lowest BCUT2D eigenvalue weighted by Gasteiger charge is -2.31. The highest BCUT2D eigenvalue weighted by molar-refractivity contribution is 5.44. The molecule has 0 fully saturated rings. The highest BCUT2D eigenvalue weighted by atomic mass is 19.4. The molecule has 1 rings (SSSR count). The Bertz CT molecular complexity index is 644. The molecule has 0 amide bonds. The summed E-state index contributed by atoms with van der Waals surface area (Å²) >= 11 is 0. The lowest BCUT2D eigenvalue weighted by molar-refractivity contribution is -0.308. The van der Waals surface area contributed by atoms with Crippen molar-refractivity contribution in [1.82, 2.24) is 0 Å². The third kappa shape index (κ3) is 3.63. The molecule has 0 heterocycles. The summed E-state index contributed by atoms with van der Waals surface area (Å²) in [5, 5.41) is 0. The first-order valence-electron chi connectivity index (χ1n) is 6.00. The van der Waals surface area contributed by atoms with Gasteiger partial charge in [0.25, 0.3) is 0 Å². The molecule has 0 aliphatic heterocycles. The Hall–Kier alpha value is -1.83. The fourth-order valence-corrected chi connectivity index (χ4v) is 1.77. The van der Waals surface area contributed by atoms with E-state index in [0.717, 1.165) is 0 Å². The van der Waals surface area contributed by atoms with Gasteiger partial charge in [0, 0.05) is 11.1 Å². The molecular weight excluding hydrogens is 429 g/mol. The second kappa shape index (κ2) is 6.09. The molecule has 0 bridgehead atoms. The van der Waals surface area contributed by atoms with Crippen molar-refractivity contribution in [3.8, 4) is 0 Å². The van der Waals surface area contributed by atoms with Crippen LogP contribution in [0.5, 0.6) is 0 Å². The van der Waals surface area contributed by atoms with Crippen molar-refractivity contribution in [2.45, 2.75) is 36.3 Å². The summed E-state index contributed by atoms with van der Waals surface area (Å²) in [6, 6.07) is -0.718. The number of hydrogen-bond acceptors (Lipinski definition) is 0. The quantitative estimate of drug-likeness (QED) is 0.483. The maximum Gasteiger partial charge on any atom is 0.458 e.